The summed E-state index contributed by atoms with van der Waals surface area (Å²) >= 11 is 11.8. The van der Waals surface area contributed by atoms with Gasteiger partial charge in [0, 0.05) is 29.4 Å². The van der Waals surface area contributed by atoms with Gasteiger partial charge in [0.1, 0.15) is 0 Å². The van der Waals surface area contributed by atoms with E-state index in [1.54, 1.807) is 35.2 Å². The number of halogens is 2. The van der Waals surface area contributed by atoms with Crippen LogP contribution >= 0.6 is 23.2 Å². The van der Waals surface area contributed by atoms with Gasteiger partial charge in [-0.05, 0) is 48.9 Å². The molecule has 0 radical (unpaired) electrons. The normalized spacial score (nSPS) is 13.6. The van der Waals surface area contributed by atoms with E-state index in [0.717, 1.165) is 12.1 Å². The lowest BCUT2D eigenvalue weighted by Crippen LogP contribution is -2.33. The molecule has 2 aromatic carbocycles. The zero-order valence-corrected chi connectivity index (χ0v) is 15.8. The maximum atomic E-state index is 12.1. The Morgan fingerprint density at radius 1 is 1.07 bits per heavy atom. The molecule has 0 unspecified atom stereocenters. The minimum atomic E-state index is -0.463. The molecule has 0 aromatic heterocycles. The molecule has 1 aliphatic rings. The van der Waals surface area contributed by atoms with Crippen LogP contribution in [0.2, 0.25) is 10.0 Å². The van der Waals surface area contributed by atoms with Gasteiger partial charge in [-0.1, -0.05) is 23.2 Å². The fourth-order valence-electron chi connectivity index (χ4n) is 2.78. The van der Waals surface area contributed by atoms with Crippen molar-refractivity contribution in [3.8, 4) is 0 Å². The first-order valence-corrected chi connectivity index (χ1v) is 9.13. The van der Waals surface area contributed by atoms with Gasteiger partial charge in [0.15, 0.2) is 0 Å². The van der Waals surface area contributed by atoms with Gasteiger partial charge in [0.25, 0.3) is 5.91 Å². The van der Waals surface area contributed by atoms with Crippen LogP contribution in [-0.2, 0) is 9.59 Å². The molecule has 0 spiro atoms. The van der Waals surface area contributed by atoms with Crippen molar-refractivity contribution in [2.45, 2.75) is 12.8 Å². The van der Waals surface area contributed by atoms with Crippen LogP contribution in [0.1, 0.15) is 23.2 Å². The van der Waals surface area contributed by atoms with E-state index in [2.05, 4.69) is 10.6 Å². The van der Waals surface area contributed by atoms with Gasteiger partial charge in [0.05, 0.1) is 17.1 Å². The predicted molar refractivity (Wildman–Crippen MR) is 105 cm³/mol. The number of anilines is 2. The van der Waals surface area contributed by atoms with Gasteiger partial charge >= 0.3 is 0 Å². The molecular weight excluding hydrogens is 389 g/mol. The summed E-state index contributed by atoms with van der Waals surface area (Å²) in [5, 5.41) is 5.84. The highest BCUT2D eigenvalue weighted by atomic mass is 35.5. The van der Waals surface area contributed by atoms with E-state index >= 15 is 0 Å². The van der Waals surface area contributed by atoms with Crippen LogP contribution < -0.4 is 15.5 Å². The number of carbonyl (C=O) groups excluding carboxylic acids is 3. The van der Waals surface area contributed by atoms with Crippen molar-refractivity contribution in [3.05, 3.63) is 58.1 Å². The minimum absolute atomic E-state index is 0.107. The van der Waals surface area contributed by atoms with E-state index in [9.17, 15) is 14.4 Å². The van der Waals surface area contributed by atoms with Crippen molar-refractivity contribution in [1.82, 2.24) is 5.32 Å². The third-order valence-corrected chi connectivity index (χ3v) is 4.67. The Morgan fingerprint density at radius 2 is 1.81 bits per heavy atom. The van der Waals surface area contributed by atoms with Crippen molar-refractivity contribution < 1.29 is 14.4 Å². The summed E-state index contributed by atoms with van der Waals surface area (Å²) in [6.45, 7) is 0.508. The lowest BCUT2D eigenvalue weighted by Gasteiger charge is -2.16. The van der Waals surface area contributed by atoms with Crippen LogP contribution in [0.15, 0.2) is 42.5 Å². The van der Waals surface area contributed by atoms with Gasteiger partial charge in [-0.25, -0.2) is 0 Å². The highest BCUT2D eigenvalue weighted by molar-refractivity contribution is 6.36. The lowest BCUT2D eigenvalue weighted by molar-refractivity contribution is -0.117. The third-order valence-electron chi connectivity index (χ3n) is 4.12. The molecule has 2 aromatic rings. The van der Waals surface area contributed by atoms with E-state index < -0.39 is 5.91 Å². The Bertz CT molecular complexity index is 884. The second kappa shape index (κ2) is 8.41. The Labute approximate surface area is 166 Å². The number of nitrogens with zero attached hydrogens (tertiary/aromatic N) is 1. The quantitative estimate of drug-likeness (QED) is 0.798. The molecule has 0 atom stereocenters. The first-order valence-electron chi connectivity index (χ1n) is 8.37. The van der Waals surface area contributed by atoms with Crippen LogP contribution in [0.3, 0.4) is 0 Å². The van der Waals surface area contributed by atoms with E-state index in [0.29, 0.717) is 23.7 Å². The standard InChI is InChI=1S/C19H17Cl2N3O3/c20-12-3-8-15(16(21)10-12)19(27)22-11-17(25)23-13-4-6-14(7-5-13)24-9-1-2-18(24)26/h3-8,10H,1-2,9,11H2,(H,22,27)(H,23,25). The number of hydrogen-bond acceptors (Lipinski definition) is 3. The zero-order valence-electron chi connectivity index (χ0n) is 14.3. The number of benzene rings is 2. The molecule has 140 valence electrons. The van der Waals surface area contributed by atoms with Gasteiger partial charge in [-0.3, -0.25) is 14.4 Å². The zero-order chi connectivity index (χ0) is 19.4. The van der Waals surface area contributed by atoms with Crippen LogP contribution in [0.4, 0.5) is 11.4 Å². The van der Waals surface area contributed by atoms with Crippen molar-refractivity contribution >= 4 is 52.3 Å². The first kappa shape index (κ1) is 19.2. The van der Waals surface area contributed by atoms with E-state index in [1.165, 1.54) is 12.1 Å². The summed E-state index contributed by atoms with van der Waals surface area (Å²) in [7, 11) is 0. The molecule has 2 N–H and O–H groups in total. The van der Waals surface area contributed by atoms with Crippen molar-refractivity contribution in [2.24, 2.45) is 0 Å². The number of nitrogens with one attached hydrogen (secondary N) is 2. The average Bonchev–Trinajstić information content (AvgIpc) is 3.06. The monoisotopic (exact) mass is 405 g/mol. The van der Waals surface area contributed by atoms with Crippen LogP contribution in [0, 0.1) is 0 Å². The van der Waals surface area contributed by atoms with Crippen LogP contribution in [0.25, 0.3) is 0 Å². The molecule has 0 aliphatic carbocycles. The maximum Gasteiger partial charge on any atom is 0.253 e. The summed E-state index contributed by atoms with van der Waals surface area (Å²) in [6, 6.07) is 11.5. The Kier molecular flexibility index (Phi) is 5.98. The lowest BCUT2D eigenvalue weighted by atomic mass is 10.2. The van der Waals surface area contributed by atoms with Crippen molar-refractivity contribution in [1.29, 1.82) is 0 Å². The Balaban J connectivity index is 1.53. The smallest absolute Gasteiger partial charge is 0.253 e. The molecule has 8 heteroatoms. The number of hydrogen-bond donors (Lipinski definition) is 2. The molecule has 1 heterocycles. The molecule has 0 bridgehead atoms. The third kappa shape index (κ3) is 4.78. The highest BCUT2D eigenvalue weighted by Crippen LogP contribution is 2.23. The summed E-state index contributed by atoms with van der Waals surface area (Å²) in [6.07, 6.45) is 1.42. The topological polar surface area (TPSA) is 78.5 Å². The first-order chi connectivity index (χ1) is 12.9. The number of rotatable bonds is 5. The largest absolute Gasteiger partial charge is 0.343 e. The summed E-state index contributed by atoms with van der Waals surface area (Å²) in [5.41, 5.74) is 1.63. The predicted octanol–water partition coefficient (Wildman–Crippen LogP) is 3.49. The van der Waals surface area contributed by atoms with Gasteiger partial charge in [-0.15, -0.1) is 0 Å². The molecule has 1 saturated heterocycles. The van der Waals surface area contributed by atoms with Gasteiger partial charge in [-0.2, -0.15) is 0 Å². The average molecular weight is 406 g/mol. The fourth-order valence-corrected chi connectivity index (χ4v) is 3.27. The summed E-state index contributed by atoms with van der Waals surface area (Å²) in [4.78, 5) is 37.6. The number of amides is 3. The van der Waals surface area contributed by atoms with E-state index in [4.69, 9.17) is 23.2 Å². The van der Waals surface area contributed by atoms with Crippen molar-refractivity contribution in [3.63, 3.8) is 0 Å². The molecular formula is C19H17Cl2N3O3. The Morgan fingerprint density at radius 3 is 2.44 bits per heavy atom. The number of carbonyl (C=O) groups is 3. The van der Waals surface area contributed by atoms with E-state index in [1.807, 2.05) is 0 Å². The maximum absolute atomic E-state index is 12.1. The molecule has 0 saturated carbocycles. The molecule has 1 fully saturated rings. The van der Waals surface area contributed by atoms with Crippen LogP contribution in [0.5, 0.6) is 0 Å². The molecule has 1 aliphatic heterocycles. The Hall–Kier alpha value is -2.57. The minimum Gasteiger partial charge on any atom is -0.343 e. The molecule has 3 rings (SSSR count). The van der Waals surface area contributed by atoms with E-state index in [-0.39, 0.29) is 28.9 Å². The second-order valence-corrected chi connectivity index (χ2v) is 6.89. The highest BCUT2D eigenvalue weighted by Gasteiger charge is 2.21. The molecule has 6 nitrogen and oxygen atoms in total. The van der Waals surface area contributed by atoms with Gasteiger partial charge in [0.2, 0.25) is 11.8 Å². The molecule has 3 amide bonds. The summed E-state index contributed by atoms with van der Waals surface area (Å²) in [5.74, 6) is -0.733. The van der Waals surface area contributed by atoms with Crippen molar-refractivity contribution in [2.75, 3.05) is 23.3 Å². The second-order valence-electron chi connectivity index (χ2n) is 6.05. The van der Waals surface area contributed by atoms with Crippen LogP contribution in [-0.4, -0.2) is 30.8 Å². The molecule has 27 heavy (non-hydrogen) atoms. The fraction of sp³-hybridized carbons (Fsp3) is 0.211. The summed E-state index contributed by atoms with van der Waals surface area (Å²) < 4.78 is 0. The van der Waals surface area contributed by atoms with Gasteiger partial charge < -0.3 is 15.5 Å². The SMILES string of the molecule is O=C(CNC(=O)c1ccc(Cl)cc1Cl)Nc1ccc(N2CCCC2=O)cc1.